The molecule has 0 unspecified atom stereocenters. The highest BCUT2D eigenvalue weighted by Crippen LogP contribution is 2.26. The largest absolute Gasteiger partial charge is 0.295 e. The summed E-state index contributed by atoms with van der Waals surface area (Å²) in [5.74, 6) is 1.29. The van der Waals surface area contributed by atoms with Gasteiger partial charge in [-0.1, -0.05) is 18.2 Å². The molecule has 0 aliphatic heterocycles. The van der Waals surface area contributed by atoms with Crippen molar-refractivity contribution >= 4 is 22.6 Å². The molecule has 3 aromatic rings. The monoisotopic (exact) mass is 284 g/mol. The molecule has 1 aromatic heterocycles. The van der Waals surface area contributed by atoms with Gasteiger partial charge in [-0.2, -0.15) is 0 Å². The van der Waals surface area contributed by atoms with Crippen molar-refractivity contribution in [3.8, 4) is 5.69 Å². The third kappa shape index (κ3) is 2.10. The Morgan fingerprint density at radius 1 is 1.05 bits per heavy atom. The Labute approximate surface area is 124 Å². The van der Waals surface area contributed by atoms with Crippen LogP contribution in [-0.2, 0) is 5.88 Å². The predicted octanol–water partition coefficient (Wildman–Crippen LogP) is 4.69. The molecule has 0 atom stereocenters. The number of imidazole rings is 1. The van der Waals surface area contributed by atoms with Crippen LogP contribution in [0.5, 0.6) is 0 Å². The minimum atomic E-state index is 0.404. The summed E-state index contributed by atoms with van der Waals surface area (Å²) in [6.45, 7) is 6.31. The Morgan fingerprint density at radius 3 is 2.40 bits per heavy atom. The maximum Gasteiger partial charge on any atom is 0.129 e. The molecule has 0 radical (unpaired) electrons. The third-order valence-electron chi connectivity index (χ3n) is 3.54. The smallest absolute Gasteiger partial charge is 0.129 e. The fraction of sp³-hybridized carbons (Fsp3) is 0.235. The first kappa shape index (κ1) is 13.2. The highest BCUT2D eigenvalue weighted by molar-refractivity contribution is 6.17. The highest BCUT2D eigenvalue weighted by Gasteiger charge is 2.13. The Bertz CT molecular complexity index is 767. The number of hydrogen-bond donors (Lipinski definition) is 0. The molecule has 102 valence electrons. The van der Waals surface area contributed by atoms with Crippen molar-refractivity contribution in [2.75, 3.05) is 0 Å². The topological polar surface area (TPSA) is 17.8 Å². The third-order valence-corrected chi connectivity index (χ3v) is 3.78. The van der Waals surface area contributed by atoms with Gasteiger partial charge < -0.3 is 0 Å². The van der Waals surface area contributed by atoms with Gasteiger partial charge in [-0.25, -0.2) is 4.98 Å². The van der Waals surface area contributed by atoms with E-state index in [9.17, 15) is 0 Å². The lowest BCUT2D eigenvalue weighted by molar-refractivity contribution is 0.978. The average Bonchev–Trinajstić information content (AvgIpc) is 2.77. The molecule has 3 rings (SSSR count). The summed E-state index contributed by atoms with van der Waals surface area (Å²) in [6, 6.07) is 12.8. The van der Waals surface area contributed by atoms with E-state index < -0.39 is 0 Å². The molecule has 2 aromatic carbocycles. The Kier molecular flexibility index (Phi) is 3.27. The van der Waals surface area contributed by atoms with Gasteiger partial charge in [0.2, 0.25) is 0 Å². The zero-order chi connectivity index (χ0) is 14.3. The number of aromatic nitrogens is 2. The Balaban J connectivity index is 2.37. The van der Waals surface area contributed by atoms with E-state index in [2.05, 4.69) is 61.7 Å². The molecule has 0 spiro atoms. The molecule has 0 aliphatic carbocycles. The van der Waals surface area contributed by atoms with Gasteiger partial charge in [0.15, 0.2) is 0 Å². The van der Waals surface area contributed by atoms with Gasteiger partial charge in [0.25, 0.3) is 0 Å². The van der Waals surface area contributed by atoms with Crippen LogP contribution in [0.15, 0.2) is 36.4 Å². The first-order valence-corrected chi connectivity index (χ1v) is 7.25. The lowest BCUT2D eigenvalue weighted by Crippen LogP contribution is -2.00. The highest BCUT2D eigenvalue weighted by atomic mass is 35.5. The molecule has 0 N–H and O–H groups in total. The van der Waals surface area contributed by atoms with Crippen LogP contribution in [-0.4, -0.2) is 9.55 Å². The summed E-state index contributed by atoms with van der Waals surface area (Å²) in [7, 11) is 0. The molecule has 1 heterocycles. The number of hydrogen-bond acceptors (Lipinski definition) is 1. The molecule has 20 heavy (non-hydrogen) atoms. The second kappa shape index (κ2) is 4.95. The summed E-state index contributed by atoms with van der Waals surface area (Å²) < 4.78 is 2.16. The van der Waals surface area contributed by atoms with E-state index in [1.807, 2.05) is 0 Å². The predicted molar refractivity (Wildman–Crippen MR) is 84.8 cm³/mol. The van der Waals surface area contributed by atoms with Crippen molar-refractivity contribution < 1.29 is 0 Å². The van der Waals surface area contributed by atoms with Gasteiger partial charge in [-0.15, -0.1) is 11.6 Å². The Hall–Kier alpha value is -1.80. The molecular formula is C17H17ClN2. The molecule has 0 fully saturated rings. The van der Waals surface area contributed by atoms with Crippen LogP contribution >= 0.6 is 11.6 Å². The molecule has 3 heteroatoms. The zero-order valence-electron chi connectivity index (χ0n) is 11.9. The number of benzene rings is 2. The van der Waals surface area contributed by atoms with Crippen LogP contribution in [0.25, 0.3) is 16.7 Å². The second-order valence-electron chi connectivity index (χ2n) is 5.29. The van der Waals surface area contributed by atoms with E-state index in [0.717, 1.165) is 22.5 Å². The lowest BCUT2D eigenvalue weighted by atomic mass is 10.1. The number of nitrogens with zero attached hydrogens (tertiary/aromatic N) is 2. The molecule has 0 bridgehead atoms. The van der Waals surface area contributed by atoms with Crippen LogP contribution in [0.4, 0.5) is 0 Å². The van der Waals surface area contributed by atoms with E-state index >= 15 is 0 Å². The number of halogens is 1. The minimum absolute atomic E-state index is 0.404. The van der Waals surface area contributed by atoms with Crippen molar-refractivity contribution in [2.45, 2.75) is 26.7 Å². The summed E-state index contributed by atoms with van der Waals surface area (Å²) in [5, 5.41) is 0. The number of para-hydroxylation sites is 1. The van der Waals surface area contributed by atoms with Crippen molar-refractivity contribution in [3.05, 3.63) is 58.9 Å². The zero-order valence-corrected chi connectivity index (χ0v) is 12.7. The van der Waals surface area contributed by atoms with E-state index in [0.29, 0.717) is 5.88 Å². The molecule has 0 saturated heterocycles. The number of alkyl halides is 1. The summed E-state index contributed by atoms with van der Waals surface area (Å²) in [5.41, 5.74) is 6.95. The van der Waals surface area contributed by atoms with Crippen LogP contribution in [0.1, 0.15) is 22.5 Å². The number of rotatable bonds is 2. The van der Waals surface area contributed by atoms with E-state index in [1.165, 1.54) is 16.7 Å². The van der Waals surface area contributed by atoms with E-state index in [4.69, 9.17) is 16.6 Å². The normalized spacial score (nSPS) is 11.2. The molecular weight excluding hydrogens is 268 g/mol. The molecule has 0 saturated carbocycles. The second-order valence-corrected chi connectivity index (χ2v) is 5.55. The van der Waals surface area contributed by atoms with E-state index in [1.54, 1.807) is 0 Å². The van der Waals surface area contributed by atoms with Gasteiger partial charge in [0, 0.05) is 5.69 Å². The van der Waals surface area contributed by atoms with Crippen LogP contribution in [0.2, 0.25) is 0 Å². The van der Waals surface area contributed by atoms with Crippen LogP contribution in [0, 0.1) is 20.8 Å². The lowest BCUT2D eigenvalue weighted by Gasteiger charge is -2.10. The molecule has 0 amide bonds. The fourth-order valence-corrected chi connectivity index (χ4v) is 2.92. The number of fused-ring (bicyclic) bond motifs is 1. The molecule has 2 nitrogen and oxygen atoms in total. The first-order valence-electron chi connectivity index (χ1n) is 6.71. The quantitative estimate of drug-likeness (QED) is 0.624. The van der Waals surface area contributed by atoms with E-state index in [-0.39, 0.29) is 0 Å². The molecule has 0 aliphatic rings. The average molecular weight is 285 g/mol. The minimum Gasteiger partial charge on any atom is -0.295 e. The SMILES string of the molecule is Cc1cc(C)cc(-n2c(CCl)nc3c(C)cccc32)c1. The summed E-state index contributed by atoms with van der Waals surface area (Å²) in [4.78, 5) is 4.70. The summed E-state index contributed by atoms with van der Waals surface area (Å²) in [6.07, 6.45) is 0. The number of aryl methyl sites for hydroxylation is 3. The van der Waals surface area contributed by atoms with Crippen LogP contribution < -0.4 is 0 Å². The van der Waals surface area contributed by atoms with Gasteiger partial charge in [-0.05, 0) is 55.7 Å². The van der Waals surface area contributed by atoms with Crippen molar-refractivity contribution in [1.82, 2.24) is 9.55 Å². The standard InChI is InChI=1S/C17H17ClN2/c1-11-7-12(2)9-14(8-11)20-15-6-4-5-13(3)17(15)19-16(20)10-18/h4-9H,10H2,1-3H3. The van der Waals surface area contributed by atoms with Crippen molar-refractivity contribution in [3.63, 3.8) is 0 Å². The van der Waals surface area contributed by atoms with Crippen LogP contribution in [0.3, 0.4) is 0 Å². The maximum atomic E-state index is 6.10. The maximum absolute atomic E-state index is 6.10. The van der Waals surface area contributed by atoms with Gasteiger partial charge >= 0.3 is 0 Å². The first-order chi connectivity index (χ1) is 9.60. The Morgan fingerprint density at radius 2 is 1.75 bits per heavy atom. The van der Waals surface area contributed by atoms with Gasteiger partial charge in [-0.3, -0.25) is 4.57 Å². The van der Waals surface area contributed by atoms with Crippen molar-refractivity contribution in [1.29, 1.82) is 0 Å². The van der Waals surface area contributed by atoms with Crippen molar-refractivity contribution in [2.24, 2.45) is 0 Å². The fourth-order valence-electron chi connectivity index (χ4n) is 2.74. The van der Waals surface area contributed by atoms with Gasteiger partial charge in [0.1, 0.15) is 5.82 Å². The van der Waals surface area contributed by atoms with Gasteiger partial charge in [0.05, 0.1) is 16.9 Å². The summed E-state index contributed by atoms with van der Waals surface area (Å²) >= 11 is 6.10.